The zero-order valence-electron chi connectivity index (χ0n) is 9.57. The Labute approximate surface area is 87.2 Å². The molecule has 3 fully saturated rings. The van der Waals surface area contributed by atoms with Crippen LogP contribution in [0.15, 0.2) is 0 Å². The molecule has 3 rings (SSSR count). The van der Waals surface area contributed by atoms with Crippen molar-refractivity contribution in [3.63, 3.8) is 0 Å². The molecule has 14 heavy (non-hydrogen) atoms. The quantitative estimate of drug-likeness (QED) is 0.623. The highest BCUT2D eigenvalue weighted by molar-refractivity contribution is 5.08. The lowest BCUT2D eigenvalue weighted by molar-refractivity contribution is -0.0220. The molecule has 0 amide bonds. The third-order valence-electron chi connectivity index (χ3n) is 5.58. The number of hydrogen-bond acceptors (Lipinski definition) is 1. The molecule has 0 N–H and O–H groups in total. The predicted molar refractivity (Wildman–Crippen MR) is 56.9 cm³/mol. The van der Waals surface area contributed by atoms with Crippen LogP contribution in [0.3, 0.4) is 0 Å². The molecule has 3 aliphatic rings. The minimum absolute atomic E-state index is 0.585. The lowest BCUT2D eigenvalue weighted by Crippen LogP contribution is -2.37. The van der Waals surface area contributed by atoms with Crippen LogP contribution in [0.1, 0.15) is 33.1 Å². The standard InChI is InChI=1S/C13H22O/c1-7-4-5-9-10-6-11(12(7)9)13(14-3)8(10)2/h7-13H,4-6H2,1-3H3. The molecule has 0 spiro atoms. The van der Waals surface area contributed by atoms with Gasteiger partial charge in [-0.2, -0.15) is 0 Å². The van der Waals surface area contributed by atoms with E-state index < -0.39 is 0 Å². The van der Waals surface area contributed by atoms with Gasteiger partial charge in [0.25, 0.3) is 0 Å². The molecule has 2 bridgehead atoms. The van der Waals surface area contributed by atoms with Gasteiger partial charge in [0.05, 0.1) is 6.10 Å². The van der Waals surface area contributed by atoms with Crippen LogP contribution in [0, 0.1) is 35.5 Å². The van der Waals surface area contributed by atoms with Gasteiger partial charge in [-0.15, -0.1) is 0 Å². The monoisotopic (exact) mass is 194 g/mol. The summed E-state index contributed by atoms with van der Waals surface area (Å²) in [4.78, 5) is 0. The second-order valence-corrected chi connectivity index (χ2v) is 5.92. The molecule has 7 unspecified atom stereocenters. The number of rotatable bonds is 1. The van der Waals surface area contributed by atoms with Crippen LogP contribution in [0.25, 0.3) is 0 Å². The molecule has 0 saturated heterocycles. The van der Waals surface area contributed by atoms with Crippen LogP contribution in [-0.2, 0) is 4.74 Å². The lowest BCUT2D eigenvalue weighted by Gasteiger charge is -2.37. The van der Waals surface area contributed by atoms with E-state index in [0.29, 0.717) is 6.10 Å². The van der Waals surface area contributed by atoms with Gasteiger partial charge in [-0.1, -0.05) is 20.3 Å². The van der Waals surface area contributed by atoms with Crippen LogP contribution in [0.2, 0.25) is 0 Å². The number of ether oxygens (including phenoxy) is 1. The highest BCUT2D eigenvalue weighted by Gasteiger charge is 2.59. The van der Waals surface area contributed by atoms with Crippen LogP contribution >= 0.6 is 0 Å². The Hall–Kier alpha value is -0.0400. The van der Waals surface area contributed by atoms with E-state index >= 15 is 0 Å². The first-order chi connectivity index (χ1) is 6.74. The van der Waals surface area contributed by atoms with E-state index in [1.54, 1.807) is 0 Å². The van der Waals surface area contributed by atoms with E-state index in [1.807, 2.05) is 7.11 Å². The lowest BCUT2D eigenvalue weighted by atomic mass is 9.72. The van der Waals surface area contributed by atoms with E-state index in [-0.39, 0.29) is 0 Å². The molecule has 0 aliphatic heterocycles. The highest BCUT2D eigenvalue weighted by Crippen LogP contribution is 2.63. The van der Waals surface area contributed by atoms with E-state index in [2.05, 4.69) is 13.8 Å². The fourth-order valence-electron chi connectivity index (χ4n) is 5.13. The maximum absolute atomic E-state index is 5.71. The van der Waals surface area contributed by atoms with Gasteiger partial charge in [-0.25, -0.2) is 0 Å². The smallest absolute Gasteiger partial charge is 0.0630 e. The first-order valence-corrected chi connectivity index (χ1v) is 6.26. The topological polar surface area (TPSA) is 9.23 Å². The van der Waals surface area contributed by atoms with Crippen molar-refractivity contribution in [2.24, 2.45) is 35.5 Å². The average Bonchev–Trinajstić information content (AvgIpc) is 2.77. The molecule has 0 aromatic carbocycles. The van der Waals surface area contributed by atoms with Crippen molar-refractivity contribution in [1.29, 1.82) is 0 Å². The summed E-state index contributed by atoms with van der Waals surface area (Å²) in [5, 5.41) is 0. The van der Waals surface area contributed by atoms with Crippen molar-refractivity contribution < 1.29 is 4.74 Å². The first kappa shape index (κ1) is 9.21. The Morgan fingerprint density at radius 1 is 1.00 bits per heavy atom. The third kappa shape index (κ3) is 0.946. The Morgan fingerprint density at radius 3 is 2.50 bits per heavy atom. The second-order valence-electron chi connectivity index (χ2n) is 5.92. The summed E-state index contributed by atoms with van der Waals surface area (Å²) in [5.41, 5.74) is 0. The van der Waals surface area contributed by atoms with Gasteiger partial charge < -0.3 is 4.74 Å². The molecule has 1 nitrogen and oxygen atoms in total. The third-order valence-corrected chi connectivity index (χ3v) is 5.58. The van der Waals surface area contributed by atoms with Crippen molar-refractivity contribution in [1.82, 2.24) is 0 Å². The van der Waals surface area contributed by atoms with Gasteiger partial charge in [0.15, 0.2) is 0 Å². The van der Waals surface area contributed by atoms with Gasteiger partial charge in [0.2, 0.25) is 0 Å². The zero-order valence-corrected chi connectivity index (χ0v) is 9.57. The number of fused-ring (bicyclic) bond motifs is 5. The van der Waals surface area contributed by atoms with Gasteiger partial charge in [0.1, 0.15) is 0 Å². The fraction of sp³-hybridized carbons (Fsp3) is 1.00. The fourth-order valence-corrected chi connectivity index (χ4v) is 5.13. The normalized spacial score (nSPS) is 60.6. The first-order valence-electron chi connectivity index (χ1n) is 6.26. The predicted octanol–water partition coefficient (Wildman–Crippen LogP) is 2.95. The van der Waals surface area contributed by atoms with E-state index in [4.69, 9.17) is 4.74 Å². The summed E-state index contributed by atoms with van der Waals surface area (Å²) in [7, 11) is 1.91. The van der Waals surface area contributed by atoms with Gasteiger partial charge in [0, 0.05) is 7.11 Å². The SMILES string of the molecule is COC1C(C)C2CC1C1C(C)CCC21. The minimum Gasteiger partial charge on any atom is -0.381 e. The van der Waals surface area contributed by atoms with E-state index in [1.165, 1.54) is 19.3 Å². The van der Waals surface area contributed by atoms with Crippen LogP contribution < -0.4 is 0 Å². The molecular formula is C13H22O. The number of hydrogen-bond donors (Lipinski definition) is 0. The van der Waals surface area contributed by atoms with Crippen LogP contribution in [0.5, 0.6) is 0 Å². The van der Waals surface area contributed by atoms with Crippen LogP contribution in [0.4, 0.5) is 0 Å². The van der Waals surface area contributed by atoms with E-state index in [0.717, 1.165) is 35.5 Å². The maximum Gasteiger partial charge on any atom is 0.0630 e. The summed E-state index contributed by atoms with van der Waals surface area (Å²) in [6, 6.07) is 0. The number of methoxy groups -OCH3 is 1. The Bertz CT molecular complexity index is 237. The molecule has 3 aliphatic carbocycles. The van der Waals surface area contributed by atoms with Crippen molar-refractivity contribution in [3.8, 4) is 0 Å². The van der Waals surface area contributed by atoms with Crippen LogP contribution in [-0.4, -0.2) is 13.2 Å². The van der Waals surface area contributed by atoms with Crippen molar-refractivity contribution in [2.45, 2.75) is 39.2 Å². The van der Waals surface area contributed by atoms with Crippen molar-refractivity contribution in [2.75, 3.05) is 7.11 Å². The molecule has 3 saturated carbocycles. The van der Waals surface area contributed by atoms with E-state index in [9.17, 15) is 0 Å². The zero-order chi connectivity index (χ0) is 9.87. The second kappa shape index (κ2) is 2.98. The summed E-state index contributed by atoms with van der Waals surface area (Å²) < 4.78 is 5.71. The molecule has 0 aromatic rings. The molecule has 80 valence electrons. The molecule has 0 radical (unpaired) electrons. The summed E-state index contributed by atoms with van der Waals surface area (Å²) in [6.45, 7) is 4.88. The molecule has 7 atom stereocenters. The Kier molecular flexibility index (Phi) is 1.96. The maximum atomic E-state index is 5.71. The molecule has 1 heteroatoms. The van der Waals surface area contributed by atoms with Gasteiger partial charge >= 0.3 is 0 Å². The van der Waals surface area contributed by atoms with Gasteiger partial charge in [-0.3, -0.25) is 0 Å². The largest absolute Gasteiger partial charge is 0.381 e. The summed E-state index contributed by atoms with van der Waals surface area (Å²) >= 11 is 0. The van der Waals surface area contributed by atoms with Gasteiger partial charge in [-0.05, 0) is 48.3 Å². The Balaban J connectivity index is 1.89. The summed E-state index contributed by atoms with van der Waals surface area (Å²) in [6.07, 6.45) is 5.04. The average molecular weight is 194 g/mol. The molecule has 0 heterocycles. The highest BCUT2D eigenvalue weighted by atomic mass is 16.5. The Morgan fingerprint density at radius 2 is 1.79 bits per heavy atom. The molecular weight excluding hydrogens is 172 g/mol. The molecule has 0 aromatic heterocycles. The summed E-state index contributed by atoms with van der Waals surface area (Å²) in [5.74, 6) is 5.79. The minimum atomic E-state index is 0.585. The van der Waals surface area contributed by atoms with Crippen molar-refractivity contribution >= 4 is 0 Å². The van der Waals surface area contributed by atoms with Crippen molar-refractivity contribution in [3.05, 3.63) is 0 Å².